The Kier molecular flexibility index (Phi) is 5.60. The van der Waals surface area contributed by atoms with E-state index in [0.29, 0.717) is 16.8 Å². The summed E-state index contributed by atoms with van der Waals surface area (Å²) in [5.41, 5.74) is 5.18. The smallest absolute Gasteiger partial charge is 0.383 e. The van der Waals surface area contributed by atoms with Crippen LogP contribution in [0.25, 0.3) is 5.57 Å². The van der Waals surface area contributed by atoms with Crippen molar-refractivity contribution in [1.29, 1.82) is 0 Å². The van der Waals surface area contributed by atoms with Crippen LogP contribution in [0.15, 0.2) is 60.0 Å². The van der Waals surface area contributed by atoms with Crippen LogP contribution in [0.1, 0.15) is 55.0 Å². The van der Waals surface area contributed by atoms with Crippen LogP contribution in [0, 0.1) is 0 Å². The molecule has 136 valence electrons. The monoisotopic (exact) mass is 359 g/mol. The lowest BCUT2D eigenvalue weighted by molar-refractivity contribution is -0.137. The van der Waals surface area contributed by atoms with Gasteiger partial charge in [-0.3, -0.25) is 4.98 Å². The van der Waals surface area contributed by atoms with Gasteiger partial charge in [0.05, 0.1) is 16.8 Å². The molecule has 1 aliphatic rings. The number of alkyl halides is 3. The van der Waals surface area contributed by atoms with Crippen molar-refractivity contribution in [2.45, 2.75) is 44.4 Å². The molecule has 0 bridgehead atoms. The maximum absolute atomic E-state index is 12.8. The molecule has 0 radical (unpaired) electrons. The van der Waals surface area contributed by atoms with Gasteiger partial charge in [-0.05, 0) is 61.1 Å². The van der Waals surface area contributed by atoms with Gasteiger partial charge in [-0.15, -0.1) is 5.73 Å². The molecule has 1 fully saturated rings. The number of pyridine rings is 1. The van der Waals surface area contributed by atoms with E-state index in [9.17, 15) is 18.3 Å². The Labute approximate surface area is 150 Å². The van der Waals surface area contributed by atoms with Gasteiger partial charge in [0.15, 0.2) is 0 Å². The van der Waals surface area contributed by atoms with Crippen LogP contribution < -0.4 is 0 Å². The van der Waals surface area contributed by atoms with E-state index in [0.717, 1.165) is 43.4 Å². The van der Waals surface area contributed by atoms with Crippen molar-refractivity contribution < 1.29 is 18.3 Å². The first-order valence-corrected chi connectivity index (χ1v) is 8.70. The number of hydrogen-bond acceptors (Lipinski definition) is 2. The standard InChI is InChI=1S/C21H20F3NO/c22-21(23,24)17-11-9-16(10-12-17)20(26)18(19-8-4-5-13-25-19)14-15-6-2-1-3-7-15/h4-5,8-13,20,26H,1-3,6-7H2. The van der Waals surface area contributed by atoms with Crippen molar-refractivity contribution in [3.05, 3.63) is 76.8 Å². The molecule has 0 aliphatic heterocycles. The minimum Gasteiger partial charge on any atom is -0.383 e. The lowest BCUT2D eigenvalue weighted by atomic mass is 9.92. The Bertz CT molecular complexity index is 795. The summed E-state index contributed by atoms with van der Waals surface area (Å²) in [6, 6.07) is 9.96. The summed E-state index contributed by atoms with van der Waals surface area (Å²) < 4.78 is 38.3. The van der Waals surface area contributed by atoms with Crippen molar-refractivity contribution in [3.8, 4) is 0 Å². The van der Waals surface area contributed by atoms with Crippen molar-refractivity contribution in [1.82, 2.24) is 4.98 Å². The fraction of sp³-hybridized carbons (Fsp3) is 0.333. The minimum atomic E-state index is -4.40. The quantitative estimate of drug-likeness (QED) is 0.713. The summed E-state index contributed by atoms with van der Waals surface area (Å²) >= 11 is 0. The first-order valence-electron chi connectivity index (χ1n) is 8.70. The zero-order chi connectivity index (χ0) is 18.6. The van der Waals surface area contributed by atoms with Gasteiger partial charge in [0, 0.05) is 6.20 Å². The van der Waals surface area contributed by atoms with E-state index < -0.39 is 17.8 Å². The number of hydrogen-bond donors (Lipinski definition) is 1. The predicted octanol–water partition coefficient (Wildman–Crippen LogP) is 5.71. The van der Waals surface area contributed by atoms with Gasteiger partial charge in [0.2, 0.25) is 0 Å². The van der Waals surface area contributed by atoms with Gasteiger partial charge >= 0.3 is 6.18 Å². The molecule has 1 unspecified atom stereocenters. The Balaban J connectivity index is 2.00. The molecule has 2 aromatic rings. The van der Waals surface area contributed by atoms with Crippen LogP contribution in [0.2, 0.25) is 0 Å². The second-order valence-electron chi connectivity index (χ2n) is 6.44. The van der Waals surface area contributed by atoms with E-state index in [-0.39, 0.29) is 0 Å². The van der Waals surface area contributed by atoms with Crippen molar-refractivity contribution in [3.63, 3.8) is 0 Å². The van der Waals surface area contributed by atoms with Gasteiger partial charge in [-0.1, -0.05) is 24.6 Å². The number of rotatable bonds is 3. The molecule has 1 aromatic heterocycles. The number of nitrogens with zero attached hydrogens (tertiary/aromatic N) is 1. The summed E-state index contributed by atoms with van der Waals surface area (Å²) in [6.45, 7) is 0. The SMILES string of the molecule is OC(C(=C=C1CCCCC1)c1ccccn1)c1ccc(C(F)(F)F)cc1. The minimum absolute atomic E-state index is 0.391. The third kappa shape index (κ3) is 4.43. The van der Waals surface area contributed by atoms with E-state index in [2.05, 4.69) is 10.7 Å². The van der Waals surface area contributed by atoms with Gasteiger partial charge in [-0.2, -0.15) is 13.2 Å². The predicted molar refractivity (Wildman–Crippen MR) is 94.2 cm³/mol. The average molecular weight is 359 g/mol. The summed E-state index contributed by atoms with van der Waals surface area (Å²) in [5.74, 6) is 0. The largest absolute Gasteiger partial charge is 0.416 e. The first-order chi connectivity index (χ1) is 12.4. The van der Waals surface area contributed by atoms with Gasteiger partial charge in [-0.25, -0.2) is 0 Å². The van der Waals surface area contributed by atoms with Gasteiger partial charge < -0.3 is 5.11 Å². The second kappa shape index (κ2) is 7.90. The molecule has 1 aromatic carbocycles. The normalized spacial score (nSPS) is 16.1. The zero-order valence-corrected chi connectivity index (χ0v) is 14.3. The summed E-state index contributed by atoms with van der Waals surface area (Å²) in [6.07, 6.45) is 1.37. The van der Waals surface area contributed by atoms with Crippen LogP contribution in [0.5, 0.6) is 0 Å². The van der Waals surface area contributed by atoms with E-state index in [1.165, 1.54) is 18.6 Å². The summed E-state index contributed by atoms with van der Waals surface area (Å²) in [4.78, 5) is 4.30. The molecule has 0 spiro atoms. The van der Waals surface area contributed by atoms with Crippen LogP contribution in [-0.4, -0.2) is 10.1 Å². The van der Waals surface area contributed by atoms with Gasteiger partial charge in [0.1, 0.15) is 6.10 Å². The van der Waals surface area contributed by atoms with E-state index in [4.69, 9.17) is 0 Å². The number of aliphatic hydroxyl groups is 1. The first kappa shape index (κ1) is 18.4. The number of benzene rings is 1. The molecule has 0 saturated heterocycles. The third-order valence-corrected chi connectivity index (χ3v) is 4.54. The Morgan fingerprint density at radius 3 is 2.27 bits per heavy atom. The number of halogens is 3. The van der Waals surface area contributed by atoms with Crippen LogP contribution in [-0.2, 0) is 6.18 Å². The van der Waals surface area contributed by atoms with Crippen molar-refractivity contribution >= 4 is 5.57 Å². The number of aliphatic hydroxyl groups excluding tert-OH is 1. The zero-order valence-electron chi connectivity index (χ0n) is 14.3. The maximum Gasteiger partial charge on any atom is 0.416 e. The molecule has 0 amide bonds. The highest BCUT2D eigenvalue weighted by atomic mass is 19.4. The highest BCUT2D eigenvalue weighted by molar-refractivity contribution is 5.67. The van der Waals surface area contributed by atoms with Crippen LogP contribution >= 0.6 is 0 Å². The lowest BCUT2D eigenvalue weighted by Gasteiger charge is -2.16. The van der Waals surface area contributed by atoms with Gasteiger partial charge in [0.25, 0.3) is 0 Å². The highest BCUT2D eigenvalue weighted by Gasteiger charge is 2.30. The third-order valence-electron chi connectivity index (χ3n) is 4.54. The lowest BCUT2D eigenvalue weighted by Crippen LogP contribution is -2.07. The molecule has 1 saturated carbocycles. The summed E-state index contributed by atoms with van der Waals surface area (Å²) in [5, 5.41) is 10.8. The maximum atomic E-state index is 12.8. The molecule has 1 aliphatic carbocycles. The fourth-order valence-electron chi connectivity index (χ4n) is 3.11. The Morgan fingerprint density at radius 1 is 1.00 bits per heavy atom. The molecular weight excluding hydrogens is 339 g/mol. The molecular formula is C21H20F3NO. The molecule has 1 heterocycles. The molecule has 26 heavy (non-hydrogen) atoms. The topological polar surface area (TPSA) is 33.1 Å². The second-order valence-corrected chi connectivity index (χ2v) is 6.44. The molecule has 3 rings (SSSR count). The van der Waals surface area contributed by atoms with E-state index in [1.807, 2.05) is 6.07 Å². The molecule has 2 nitrogen and oxygen atoms in total. The molecule has 5 heteroatoms. The summed E-state index contributed by atoms with van der Waals surface area (Å²) in [7, 11) is 0. The average Bonchev–Trinajstić information content (AvgIpc) is 2.66. The molecule has 1 atom stereocenters. The Morgan fingerprint density at radius 2 is 1.69 bits per heavy atom. The van der Waals surface area contributed by atoms with Crippen molar-refractivity contribution in [2.75, 3.05) is 0 Å². The van der Waals surface area contributed by atoms with E-state index >= 15 is 0 Å². The van der Waals surface area contributed by atoms with Crippen LogP contribution in [0.3, 0.4) is 0 Å². The number of aromatic nitrogens is 1. The fourth-order valence-corrected chi connectivity index (χ4v) is 3.11. The van der Waals surface area contributed by atoms with Crippen molar-refractivity contribution in [2.24, 2.45) is 0 Å². The molecule has 1 N–H and O–H groups in total. The Hall–Kier alpha value is -2.36. The van der Waals surface area contributed by atoms with Crippen LogP contribution in [0.4, 0.5) is 13.2 Å². The van der Waals surface area contributed by atoms with E-state index in [1.54, 1.807) is 18.3 Å². The highest BCUT2D eigenvalue weighted by Crippen LogP contribution is 2.33.